The minimum absolute atomic E-state index is 0.233. The molecular weight excluding hydrogens is 176 g/mol. The number of nitrogens with two attached hydrogens (primary N) is 1. The number of nitrogens with zero attached hydrogens (tertiary/aromatic N) is 1. The van der Waals surface area contributed by atoms with Crippen LogP contribution in [0.2, 0.25) is 0 Å². The van der Waals surface area contributed by atoms with Crippen LogP contribution in [-0.4, -0.2) is 42.8 Å². The van der Waals surface area contributed by atoms with Crippen molar-refractivity contribution in [3.8, 4) is 0 Å². The maximum Gasteiger partial charge on any atom is 0.0584 e. The Morgan fingerprint density at radius 1 is 1.43 bits per heavy atom. The smallest absolute Gasteiger partial charge is 0.0584 e. The third-order valence-electron chi connectivity index (χ3n) is 3.70. The van der Waals surface area contributed by atoms with E-state index >= 15 is 0 Å². The van der Waals surface area contributed by atoms with E-state index in [1.54, 1.807) is 0 Å². The van der Waals surface area contributed by atoms with Gasteiger partial charge in [0.15, 0.2) is 0 Å². The number of hydrogen-bond acceptors (Lipinski definition) is 3. The van der Waals surface area contributed by atoms with E-state index in [0.717, 1.165) is 13.1 Å². The summed E-state index contributed by atoms with van der Waals surface area (Å²) in [5.74, 6) is 0. The molecule has 0 saturated heterocycles. The van der Waals surface area contributed by atoms with Gasteiger partial charge in [0.2, 0.25) is 0 Å². The molecule has 84 valence electrons. The lowest BCUT2D eigenvalue weighted by atomic mass is 9.85. The van der Waals surface area contributed by atoms with Crippen LogP contribution >= 0.6 is 0 Å². The molecule has 0 heterocycles. The standard InChI is InChI=1S/C11H24N2O/c1-10(7-14)13(2)9-11(8-12)5-3-4-6-11/h10,14H,3-9,12H2,1-2H3. The highest BCUT2D eigenvalue weighted by atomic mass is 16.3. The molecule has 0 aromatic rings. The molecule has 0 amide bonds. The monoisotopic (exact) mass is 200 g/mol. The van der Waals surface area contributed by atoms with Gasteiger partial charge in [-0.25, -0.2) is 0 Å². The van der Waals surface area contributed by atoms with E-state index < -0.39 is 0 Å². The molecule has 1 atom stereocenters. The molecule has 3 nitrogen and oxygen atoms in total. The highest BCUT2D eigenvalue weighted by molar-refractivity contribution is 4.88. The van der Waals surface area contributed by atoms with Crippen LogP contribution in [0.3, 0.4) is 0 Å². The number of aliphatic hydroxyl groups is 1. The lowest BCUT2D eigenvalue weighted by Gasteiger charge is -2.34. The Labute approximate surface area is 87.3 Å². The first kappa shape index (κ1) is 12.0. The Morgan fingerprint density at radius 2 is 2.00 bits per heavy atom. The molecule has 0 bridgehead atoms. The normalized spacial score (nSPS) is 22.9. The molecule has 1 fully saturated rings. The van der Waals surface area contributed by atoms with Gasteiger partial charge in [-0.1, -0.05) is 12.8 Å². The largest absolute Gasteiger partial charge is 0.395 e. The molecular formula is C11H24N2O. The summed E-state index contributed by atoms with van der Waals surface area (Å²) < 4.78 is 0. The maximum absolute atomic E-state index is 9.06. The zero-order chi connectivity index (χ0) is 10.6. The summed E-state index contributed by atoms with van der Waals surface area (Å²) in [5.41, 5.74) is 6.20. The van der Waals surface area contributed by atoms with Crippen LogP contribution in [0.1, 0.15) is 32.6 Å². The van der Waals surface area contributed by atoms with Crippen LogP contribution in [0, 0.1) is 5.41 Å². The zero-order valence-corrected chi connectivity index (χ0v) is 9.50. The zero-order valence-electron chi connectivity index (χ0n) is 9.50. The van der Waals surface area contributed by atoms with Gasteiger partial charge in [-0.15, -0.1) is 0 Å². The van der Waals surface area contributed by atoms with Crippen LogP contribution in [0.4, 0.5) is 0 Å². The molecule has 3 heteroatoms. The summed E-state index contributed by atoms with van der Waals surface area (Å²) in [6.45, 7) is 4.11. The highest BCUT2D eigenvalue weighted by Crippen LogP contribution is 2.37. The van der Waals surface area contributed by atoms with Crippen molar-refractivity contribution in [2.45, 2.75) is 38.6 Å². The van der Waals surface area contributed by atoms with Gasteiger partial charge < -0.3 is 15.7 Å². The Morgan fingerprint density at radius 3 is 2.43 bits per heavy atom. The number of likely N-dealkylation sites (N-methyl/N-ethyl adjacent to an activating group) is 1. The van der Waals surface area contributed by atoms with Crippen LogP contribution < -0.4 is 5.73 Å². The van der Waals surface area contributed by atoms with Gasteiger partial charge >= 0.3 is 0 Å². The van der Waals surface area contributed by atoms with Gasteiger partial charge in [0.05, 0.1) is 6.61 Å². The second kappa shape index (κ2) is 5.10. The lowest BCUT2D eigenvalue weighted by Crippen LogP contribution is -2.43. The molecule has 1 aliphatic carbocycles. The van der Waals surface area contributed by atoms with Crippen molar-refractivity contribution in [2.24, 2.45) is 11.1 Å². The first-order valence-electron chi connectivity index (χ1n) is 5.65. The third-order valence-corrected chi connectivity index (χ3v) is 3.70. The van der Waals surface area contributed by atoms with Crippen molar-refractivity contribution >= 4 is 0 Å². The van der Waals surface area contributed by atoms with Gasteiger partial charge in [-0.2, -0.15) is 0 Å². The van der Waals surface area contributed by atoms with Crippen molar-refractivity contribution < 1.29 is 5.11 Å². The molecule has 1 unspecified atom stereocenters. The van der Waals surface area contributed by atoms with Crippen molar-refractivity contribution in [2.75, 3.05) is 26.7 Å². The Balaban J connectivity index is 2.47. The second-order valence-electron chi connectivity index (χ2n) is 4.86. The van der Waals surface area contributed by atoms with Crippen LogP contribution in [0.5, 0.6) is 0 Å². The highest BCUT2D eigenvalue weighted by Gasteiger charge is 2.34. The molecule has 0 aromatic heterocycles. The molecule has 0 aromatic carbocycles. The Bertz CT molecular complexity index is 167. The summed E-state index contributed by atoms with van der Waals surface area (Å²) in [6, 6.07) is 0.249. The first-order chi connectivity index (χ1) is 6.63. The van der Waals surface area contributed by atoms with E-state index in [9.17, 15) is 0 Å². The van der Waals surface area contributed by atoms with E-state index in [1.807, 2.05) is 0 Å². The maximum atomic E-state index is 9.06. The van der Waals surface area contributed by atoms with E-state index in [2.05, 4.69) is 18.9 Å². The molecule has 0 spiro atoms. The van der Waals surface area contributed by atoms with Gasteiger partial charge in [0.1, 0.15) is 0 Å². The van der Waals surface area contributed by atoms with Gasteiger partial charge in [-0.3, -0.25) is 0 Å². The van der Waals surface area contributed by atoms with Crippen molar-refractivity contribution in [1.82, 2.24) is 4.90 Å². The third kappa shape index (κ3) is 2.69. The fraction of sp³-hybridized carbons (Fsp3) is 1.00. The van der Waals surface area contributed by atoms with E-state index in [0.29, 0.717) is 5.41 Å². The fourth-order valence-corrected chi connectivity index (χ4v) is 2.38. The topological polar surface area (TPSA) is 49.5 Å². The number of rotatable bonds is 5. The first-order valence-corrected chi connectivity index (χ1v) is 5.65. The molecule has 0 aliphatic heterocycles. The van der Waals surface area contributed by atoms with Gasteiger partial charge in [0.25, 0.3) is 0 Å². The average Bonchev–Trinajstić information content (AvgIpc) is 2.65. The van der Waals surface area contributed by atoms with E-state index in [1.165, 1.54) is 25.7 Å². The van der Waals surface area contributed by atoms with Crippen molar-refractivity contribution in [3.63, 3.8) is 0 Å². The van der Waals surface area contributed by atoms with E-state index in [4.69, 9.17) is 10.8 Å². The number of aliphatic hydroxyl groups excluding tert-OH is 1. The summed E-state index contributed by atoms with van der Waals surface area (Å²) >= 11 is 0. The molecule has 0 radical (unpaired) electrons. The lowest BCUT2D eigenvalue weighted by molar-refractivity contribution is 0.108. The average molecular weight is 200 g/mol. The minimum Gasteiger partial charge on any atom is -0.395 e. The van der Waals surface area contributed by atoms with Crippen LogP contribution in [0.15, 0.2) is 0 Å². The second-order valence-corrected chi connectivity index (χ2v) is 4.86. The Kier molecular flexibility index (Phi) is 4.35. The predicted molar refractivity (Wildman–Crippen MR) is 59.1 cm³/mol. The SMILES string of the molecule is CC(CO)N(C)CC1(CN)CCCC1. The van der Waals surface area contributed by atoms with Crippen molar-refractivity contribution in [1.29, 1.82) is 0 Å². The number of hydrogen-bond donors (Lipinski definition) is 2. The molecule has 3 N–H and O–H groups in total. The van der Waals surface area contributed by atoms with Crippen molar-refractivity contribution in [3.05, 3.63) is 0 Å². The quantitative estimate of drug-likeness (QED) is 0.691. The fourth-order valence-electron chi connectivity index (χ4n) is 2.38. The minimum atomic E-state index is 0.233. The summed E-state index contributed by atoms with van der Waals surface area (Å²) in [6.07, 6.45) is 5.15. The van der Waals surface area contributed by atoms with Gasteiger partial charge in [0, 0.05) is 12.6 Å². The molecule has 1 saturated carbocycles. The molecule has 1 aliphatic rings. The van der Waals surface area contributed by atoms with Crippen LogP contribution in [0.25, 0.3) is 0 Å². The Hall–Kier alpha value is -0.120. The van der Waals surface area contributed by atoms with E-state index in [-0.39, 0.29) is 12.6 Å². The van der Waals surface area contributed by atoms with Crippen LogP contribution in [-0.2, 0) is 0 Å². The summed E-state index contributed by atoms with van der Waals surface area (Å²) in [4.78, 5) is 2.23. The predicted octanol–water partition coefficient (Wildman–Crippen LogP) is 0.818. The summed E-state index contributed by atoms with van der Waals surface area (Å²) in [7, 11) is 2.08. The molecule has 14 heavy (non-hydrogen) atoms. The summed E-state index contributed by atoms with van der Waals surface area (Å²) in [5, 5.41) is 9.06. The van der Waals surface area contributed by atoms with Gasteiger partial charge in [-0.05, 0) is 38.8 Å². The molecule has 1 rings (SSSR count).